The van der Waals surface area contributed by atoms with E-state index in [1.807, 2.05) is 41.3 Å². The molecule has 2 aromatic rings. The van der Waals surface area contributed by atoms with Crippen LogP contribution in [-0.2, 0) is 22.4 Å². The first kappa shape index (κ1) is 14.8. The normalized spacial score (nSPS) is 15.8. The van der Waals surface area contributed by atoms with E-state index < -0.39 is 0 Å². The van der Waals surface area contributed by atoms with Gasteiger partial charge in [0.05, 0.1) is 25.1 Å². The lowest BCUT2D eigenvalue weighted by molar-refractivity contribution is -0.118. The summed E-state index contributed by atoms with van der Waals surface area (Å²) in [5, 5.41) is 2.83. The highest BCUT2D eigenvalue weighted by Gasteiger charge is 2.24. The van der Waals surface area contributed by atoms with E-state index in [2.05, 4.69) is 11.4 Å². The molecule has 0 fully saturated rings. The molecule has 2 aliphatic rings. The molecule has 0 atom stereocenters. The van der Waals surface area contributed by atoms with Gasteiger partial charge in [-0.2, -0.15) is 0 Å². The Balaban J connectivity index is 1.54. The van der Waals surface area contributed by atoms with Crippen LogP contribution >= 0.6 is 0 Å². The van der Waals surface area contributed by atoms with Crippen LogP contribution < -0.4 is 15.0 Å². The van der Waals surface area contributed by atoms with Crippen molar-refractivity contribution in [3.63, 3.8) is 0 Å². The quantitative estimate of drug-likeness (QED) is 0.924. The smallest absolute Gasteiger partial charge is 0.231 e. The van der Waals surface area contributed by atoms with Gasteiger partial charge in [0.15, 0.2) is 0 Å². The Morgan fingerprint density at radius 2 is 2.04 bits per heavy atom. The number of ether oxygens (including phenoxy) is 1. The van der Waals surface area contributed by atoms with Gasteiger partial charge in [-0.25, -0.2) is 0 Å². The fourth-order valence-electron chi connectivity index (χ4n) is 3.24. The Labute approximate surface area is 140 Å². The van der Waals surface area contributed by atoms with Crippen molar-refractivity contribution in [2.45, 2.75) is 19.3 Å². The number of carbonyl (C=O) groups is 2. The van der Waals surface area contributed by atoms with Crippen molar-refractivity contribution in [1.29, 1.82) is 0 Å². The fourth-order valence-corrected chi connectivity index (χ4v) is 3.24. The minimum absolute atomic E-state index is 0.0642. The van der Waals surface area contributed by atoms with Crippen molar-refractivity contribution in [2.24, 2.45) is 0 Å². The third-order valence-corrected chi connectivity index (χ3v) is 4.45. The van der Waals surface area contributed by atoms with E-state index >= 15 is 0 Å². The van der Waals surface area contributed by atoms with Crippen LogP contribution in [0.15, 0.2) is 42.5 Å². The molecule has 0 aromatic heterocycles. The summed E-state index contributed by atoms with van der Waals surface area (Å²) in [6.07, 6.45) is 1.54. The van der Waals surface area contributed by atoms with E-state index in [0.717, 1.165) is 24.2 Å². The van der Waals surface area contributed by atoms with Crippen molar-refractivity contribution in [3.8, 4) is 5.75 Å². The number of carbonyl (C=O) groups excluding carboxylic acids is 2. The standard InChI is InChI=1S/C19H18N2O3/c22-18-8-10-24-17-6-5-13(11-15(17)20-18)12-19(23)21-9-7-14-3-1-2-4-16(14)21/h1-6,11H,7-10,12H2,(H,20,22). The molecule has 24 heavy (non-hydrogen) atoms. The number of amides is 2. The van der Waals surface area contributed by atoms with E-state index in [0.29, 0.717) is 30.9 Å². The highest BCUT2D eigenvalue weighted by Crippen LogP contribution is 2.30. The monoisotopic (exact) mass is 322 g/mol. The van der Waals surface area contributed by atoms with Crippen LogP contribution in [0.3, 0.4) is 0 Å². The molecule has 0 spiro atoms. The van der Waals surface area contributed by atoms with Gasteiger partial charge in [-0.05, 0) is 35.7 Å². The fraction of sp³-hybridized carbons (Fsp3) is 0.263. The highest BCUT2D eigenvalue weighted by molar-refractivity contribution is 5.97. The number of benzene rings is 2. The van der Waals surface area contributed by atoms with Crippen LogP contribution in [0, 0.1) is 0 Å². The van der Waals surface area contributed by atoms with Crippen LogP contribution in [0.4, 0.5) is 11.4 Å². The van der Waals surface area contributed by atoms with E-state index in [1.54, 1.807) is 0 Å². The van der Waals surface area contributed by atoms with Crippen LogP contribution in [0.5, 0.6) is 5.75 Å². The van der Waals surface area contributed by atoms with E-state index in [9.17, 15) is 9.59 Å². The molecule has 0 saturated carbocycles. The first-order valence-electron chi connectivity index (χ1n) is 8.14. The Hall–Kier alpha value is -2.82. The van der Waals surface area contributed by atoms with Crippen molar-refractivity contribution < 1.29 is 14.3 Å². The Bertz CT molecular complexity index is 816. The van der Waals surface area contributed by atoms with Gasteiger partial charge in [-0.1, -0.05) is 24.3 Å². The van der Waals surface area contributed by atoms with Crippen molar-refractivity contribution >= 4 is 23.2 Å². The average Bonchev–Trinajstić information content (AvgIpc) is 2.92. The summed E-state index contributed by atoms with van der Waals surface area (Å²) in [6.45, 7) is 1.10. The second kappa shape index (κ2) is 6.00. The Morgan fingerprint density at radius 1 is 1.17 bits per heavy atom. The number of nitrogens with zero attached hydrogens (tertiary/aromatic N) is 1. The summed E-state index contributed by atoms with van der Waals surface area (Å²) >= 11 is 0. The number of fused-ring (bicyclic) bond motifs is 2. The van der Waals surface area contributed by atoms with Crippen molar-refractivity contribution in [2.75, 3.05) is 23.4 Å². The third kappa shape index (κ3) is 2.73. The largest absolute Gasteiger partial charge is 0.491 e. The summed E-state index contributed by atoms with van der Waals surface area (Å²) in [5.74, 6) is 0.662. The predicted octanol–water partition coefficient (Wildman–Crippen LogP) is 2.54. The van der Waals surface area contributed by atoms with Gasteiger partial charge in [0.25, 0.3) is 0 Å². The zero-order valence-electron chi connectivity index (χ0n) is 13.2. The summed E-state index contributed by atoms with van der Waals surface area (Å²) in [7, 11) is 0. The molecule has 122 valence electrons. The Kier molecular flexibility index (Phi) is 3.69. The van der Waals surface area contributed by atoms with Crippen molar-refractivity contribution in [3.05, 3.63) is 53.6 Å². The predicted molar refractivity (Wildman–Crippen MR) is 91.4 cm³/mol. The molecular weight excluding hydrogens is 304 g/mol. The third-order valence-electron chi connectivity index (χ3n) is 4.45. The molecule has 0 aliphatic carbocycles. The Morgan fingerprint density at radius 3 is 2.96 bits per heavy atom. The van der Waals surface area contributed by atoms with Gasteiger partial charge in [0.2, 0.25) is 11.8 Å². The molecule has 0 unspecified atom stereocenters. The highest BCUT2D eigenvalue weighted by atomic mass is 16.5. The van der Waals surface area contributed by atoms with Gasteiger partial charge in [0.1, 0.15) is 5.75 Å². The number of anilines is 2. The molecule has 0 radical (unpaired) electrons. The van der Waals surface area contributed by atoms with Gasteiger partial charge < -0.3 is 15.0 Å². The first-order chi connectivity index (χ1) is 11.7. The zero-order valence-corrected chi connectivity index (χ0v) is 13.2. The van der Waals surface area contributed by atoms with E-state index in [1.165, 1.54) is 5.56 Å². The van der Waals surface area contributed by atoms with Gasteiger partial charge >= 0.3 is 0 Å². The zero-order chi connectivity index (χ0) is 16.5. The first-order valence-corrected chi connectivity index (χ1v) is 8.14. The van der Waals surface area contributed by atoms with Crippen LogP contribution in [0.1, 0.15) is 17.5 Å². The second-order valence-electron chi connectivity index (χ2n) is 6.08. The van der Waals surface area contributed by atoms with Crippen molar-refractivity contribution in [1.82, 2.24) is 0 Å². The average molecular weight is 322 g/mol. The lowest BCUT2D eigenvalue weighted by Crippen LogP contribution is -2.30. The molecule has 0 bridgehead atoms. The topological polar surface area (TPSA) is 58.6 Å². The lowest BCUT2D eigenvalue weighted by atomic mass is 10.1. The minimum Gasteiger partial charge on any atom is -0.491 e. The number of rotatable bonds is 2. The maximum absolute atomic E-state index is 12.7. The second-order valence-corrected chi connectivity index (χ2v) is 6.08. The number of hydrogen-bond acceptors (Lipinski definition) is 3. The van der Waals surface area contributed by atoms with E-state index in [4.69, 9.17) is 4.74 Å². The van der Waals surface area contributed by atoms with Crippen LogP contribution in [0.25, 0.3) is 0 Å². The molecule has 2 heterocycles. The molecule has 2 amide bonds. The van der Waals surface area contributed by atoms with Gasteiger partial charge in [-0.3, -0.25) is 9.59 Å². The van der Waals surface area contributed by atoms with Crippen LogP contribution in [-0.4, -0.2) is 25.0 Å². The molecule has 5 heteroatoms. The maximum Gasteiger partial charge on any atom is 0.231 e. The lowest BCUT2D eigenvalue weighted by Gasteiger charge is -2.18. The summed E-state index contributed by atoms with van der Waals surface area (Å²) in [4.78, 5) is 26.2. The number of para-hydroxylation sites is 1. The molecule has 5 nitrogen and oxygen atoms in total. The number of nitrogens with one attached hydrogen (secondary N) is 1. The molecule has 4 rings (SSSR count). The van der Waals surface area contributed by atoms with Gasteiger partial charge in [-0.15, -0.1) is 0 Å². The summed E-state index contributed by atoms with van der Waals surface area (Å²) in [5.41, 5.74) is 3.74. The molecule has 1 N–H and O–H groups in total. The molecule has 0 saturated heterocycles. The SMILES string of the molecule is O=C1CCOc2ccc(CC(=O)N3CCc4ccccc43)cc2N1. The summed E-state index contributed by atoms with van der Waals surface area (Å²) < 4.78 is 5.55. The molecule has 2 aromatic carbocycles. The summed E-state index contributed by atoms with van der Waals surface area (Å²) in [6, 6.07) is 13.6. The molecular formula is C19H18N2O3. The molecule has 2 aliphatic heterocycles. The minimum atomic E-state index is -0.0642. The van der Waals surface area contributed by atoms with E-state index in [-0.39, 0.29) is 11.8 Å². The van der Waals surface area contributed by atoms with Gasteiger partial charge in [0, 0.05) is 12.2 Å². The van der Waals surface area contributed by atoms with Crippen LogP contribution in [0.2, 0.25) is 0 Å². The maximum atomic E-state index is 12.7. The number of hydrogen-bond donors (Lipinski definition) is 1.